The van der Waals surface area contributed by atoms with Gasteiger partial charge in [0.15, 0.2) is 0 Å². The summed E-state index contributed by atoms with van der Waals surface area (Å²) in [6, 6.07) is 13.0. The second-order valence-electron chi connectivity index (χ2n) is 8.62. The number of benzene rings is 1. The Kier molecular flexibility index (Phi) is 5.59. The van der Waals surface area contributed by atoms with Crippen molar-refractivity contribution in [3.05, 3.63) is 53.2 Å². The van der Waals surface area contributed by atoms with Gasteiger partial charge >= 0.3 is 0 Å². The molecule has 2 aromatic rings. The Bertz CT molecular complexity index is 890. The van der Waals surface area contributed by atoms with E-state index in [1.165, 1.54) is 24.0 Å². The molecule has 0 radical (unpaired) electrons. The summed E-state index contributed by atoms with van der Waals surface area (Å²) in [5.41, 5.74) is 4.64. The van der Waals surface area contributed by atoms with Crippen molar-refractivity contribution in [1.82, 2.24) is 10.3 Å². The maximum atomic E-state index is 12.5. The van der Waals surface area contributed by atoms with E-state index in [0.29, 0.717) is 5.92 Å². The first-order valence-electron chi connectivity index (χ1n) is 10.8. The molecule has 5 heteroatoms. The van der Waals surface area contributed by atoms with Crippen molar-refractivity contribution in [2.45, 2.75) is 58.5 Å². The second kappa shape index (κ2) is 8.15. The highest BCUT2D eigenvalue weighted by Gasteiger charge is 2.38. The Labute approximate surface area is 173 Å². The molecule has 1 saturated heterocycles. The van der Waals surface area contributed by atoms with Crippen molar-refractivity contribution < 1.29 is 4.79 Å². The number of carbonyl (C=O) groups is 1. The number of hydrogen-bond donors (Lipinski definition) is 2. The Hall–Kier alpha value is -2.40. The van der Waals surface area contributed by atoms with E-state index in [-0.39, 0.29) is 23.9 Å². The van der Waals surface area contributed by atoms with E-state index >= 15 is 0 Å². The van der Waals surface area contributed by atoms with Crippen LogP contribution >= 0.6 is 0 Å². The molecule has 3 heterocycles. The van der Waals surface area contributed by atoms with Crippen LogP contribution in [0.2, 0.25) is 0 Å². The molecule has 3 atom stereocenters. The molecule has 3 unspecified atom stereocenters. The van der Waals surface area contributed by atoms with Gasteiger partial charge in [-0.3, -0.25) is 4.79 Å². The van der Waals surface area contributed by atoms with Gasteiger partial charge < -0.3 is 15.5 Å². The van der Waals surface area contributed by atoms with Crippen LogP contribution < -0.4 is 15.5 Å². The van der Waals surface area contributed by atoms with Gasteiger partial charge in [-0.05, 0) is 75.0 Å². The summed E-state index contributed by atoms with van der Waals surface area (Å²) < 4.78 is 0. The summed E-state index contributed by atoms with van der Waals surface area (Å²) in [6.45, 7) is 10.2. The minimum atomic E-state index is 0.104. The Morgan fingerprint density at radius 1 is 1.17 bits per heavy atom. The third-order valence-electron chi connectivity index (χ3n) is 6.68. The van der Waals surface area contributed by atoms with Crippen molar-refractivity contribution in [1.29, 1.82) is 0 Å². The zero-order valence-corrected chi connectivity index (χ0v) is 17.9. The fourth-order valence-electron chi connectivity index (χ4n) is 4.92. The molecule has 1 amide bonds. The molecule has 1 aromatic heterocycles. The molecule has 5 nitrogen and oxygen atoms in total. The van der Waals surface area contributed by atoms with Crippen LogP contribution in [0.25, 0.3) is 0 Å². The van der Waals surface area contributed by atoms with Crippen LogP contribution in [0.15, 0.2) is 36.4 Å². The first kappa shape index (κ1) is 19.9. The van der Waals surface area contributed by atoms with E-state index in [0.717, 1.165) is 30.3 Å². The smallest absolute Gasteiger partial charge is 0.224 e. The number of nitrogens with one attached hydrogen (secondary N) is 2. The first-order valence-corrected chi connectivity index (χ1v) is 10.8. The first-order chi connectivity index (χ1) is 14.0. The van der Waals surface area contributed by atoms with Crippen molar-refractivity contribution in [3.8, 4) is 0 Å². The molecule has 2 aliphatic heterocycles. The Morgan fingerprint density at radius 2 is 1.93 bits per heavy atom. The molecule has 4 rings (SSSR count). The lowest BCUT2D eigenvalue weighted by Gasteiger charge is -2.44. The maximum Gasteiger partial charge on any atom is 0.224 e. The highest BCUT2D eigenvalue weighted by molar-refractivity contribution is 5.94. The van der Waals surface area contributed by atoms with E-state index in [1.54, 1.807) is 6.92 Å². The van der Waals surface area contributed by atoms with Crippen molar-refractivity contribution in [2.75, 3.05) is 23.3 Å². The number of fused-ring (bicyclic) bond motifs is 1. The third kappa shape index (κ3) is 3.88. The molecule has 0 bridgehead atoms. The van der Waals surface area contributed by atoms with Crippen LogP contribution in [-0.2, 0) is 4.79 Å². The fourth-order valence-corrected chi connectivity index (χ4v) is 4.92. The molecule has 1 aromatic carbocycles. The molecule has 2 N–H and O–H groups in total. The molecular formula is C24H32N4O. The van der Waals surface area contributed by atoms with E-state index in [2.05, 4.69) is 47.7 Å². The van der Waals surface area contributed by atoms with Crippen molar-refractivity contribution in [3.63, 3.8) is 0 Å². The number of hydrogen-bond acceptors (Lipinski definition) is 4. The predicted molar refractivity (Wildman–Crippen MR) is 118 cm³/mol. The molecule has 154 valence electrons. The molecule has 1 fully saturated rings. The van der Waals surface area contributed by atoms with Crippen LogP contribution in [0.4, 0.5) is 11.5 Å². The number of pyridine rings is 1. The van der Waals surface area contributed by atoms with Gasteiger partial charge in [0.1, 0.15) is 5.82 Å². The van der Waals surface area contributed by atoms with Crippen molar-refractivity contribution in [2.24, 2.45) is 5.92 Å². The zero-order valence-electron chi connectivity index (χ0n) is 17.9. The quantitative estimate of drug-likeness (QED) is 0.813. The molecule has 0 saturated carbocycles. The highest BCUT2D eigenvalue weighted by Crippen LogP contribution is 2.44. The van der Waals surface area contributed by atoms with Gasteiger partial charge in [-0.1, -0.05) is 25.1 Å². The van der Waals surface area contributed by atoms with Crippen LogP contribution in [0.3, 0.4) is 0 Å². The third-order valence-corrected chi connectivity index (χ3v) is 6.68. The van der Waals surface area contributed by atoms with Gasteiger partial charge in [-0.15, -0.1) is 0 Å². The second-order valence-corrected chi connectivity index (χ2v) is 8.62. The molecule has 2 aliphatic rings. The van der Waals surface area contributed by atoms with E-state index in [1.807, 2.05) is 30.0 Å². The fraction of sp³-hybridized carbons (Fsp3) is 0.500. The van der Waals surface area contributed by atoms with Crippen LogP contribution in [0, 0.1) is 12.8 Å². The summed E-state index contributed by atoms with van der Waals surface area (Å²) in [5, 5.41) is 7.14. The van der Waals surface area contributed by atoms with E-state index < -0.39 is 0 Å². The average molecular weight is 393 g/mol. The number of piperidine rings is 1. The van der Waals surface area contributed by atoms with Crippen molar-refractivity contribution >= 4 is 17.4 Å². The normalized spacial score (nSPS) is 24.8. The van der Waals surface area contributed by atoms with Gasteiger partial charge in [0.2, 0.25) is 5.91 Å². The lowest BCUT2D eigenvalue weighted by molar-refractivity contribution is -0.117. The van der Waals surface area contributed by atoms with Gasteiger partial charge in [0.25, 0.3) is 0 Å². The summed E-state index contributed by atoms with van der Waals surface area (Å²) in [5.74, 6) is 1.84. The number of anilines is 2. The highest BCUT2D eigenvalue weighted by atomic mass is 16.2. The summed E-state index contributed by atoms with van der Waals surface area (Å²) in [7, 11) is 0. The topological polar surface area (TPSA) is 57.3 Å². The van der Waals surface area contributed by atoms with Gasteiger partial charge in [0, 0.05) is 30.3 Å². The summed E-state index contributed by atoms with van der Waals surface area (Å²) >= 11 is 0. The molecule has 0 spiro atoms. The van der Waals surface area contributed by atoms with E-state index in [4.69, 9.17) is 0 Å². The Balaban J connectivity index is 1.76. The molecule has 29 heavy (non-hydrogen) atoms. The minimum absolute atomic E-state index is 0.104. The van der Waals surface area contributed by atoms with Gasteiger partial charge in [-0.2, -0.15) is 0 Å². The lowest BCUT2D eigenvalue weighted by atomic mass is 9.80. The number of amides is 1. The molecular weight excluding hydrogens is 360 g/mol. The zero-order chi connectivity index (χ0) is 20.5. The summed E-state index contributed by atoms with van der Waals surface area (Å²) in [6.07, 6.45) is 2.33. The number of nitrogens with zero attached hydrogens (tertiary/aromatic N) is 2. The van der Waals surface area contributed by atoms with Gasteiger partial charge in [-0.25, -0.2) is 4.98 Å². The number of rotatable bonds is 3. The monoisotopic (exact) mass is 392 g/mol. The standard InChI is InChI=1S/C24H32N4O/c1-15-6-5-7-23(26-15)27-24-16(2)17(3)28(18(4)29)22-9-8-20(14-21(22)24)19-10-12-25-13-11-19/h5-9,14,16-17,19,24-25H,10-13H2,1-4H3,(H,26,27). The van der Waals surface area contributed by atoms with Crippen LogP contribution in [-0.4, -0.2) is 30.0 Å². The lowest BCUT2D eigenvalue weighted by Crippen LogP contribution is -2.48. The van der Waals surface area contributed by atoms with E-state index in [9.17, 15) is 4.79 Å². The molecule has 0 aliphatic carbocycles. The predicted octanol–water partition coefficient (Wildman–Crippen LogP) is 4.40. The maximum absolute atomic E-state index is 12.5. The minimum Gasteiger partial charge on any atom is -0.363 e. The number of aromatic nitrogens is 1. The van der Waals surface area contributed by atoms with Crippen LogP contribution in [0.5, 0.6) is 0 Å². The SMILES string of the molecule is CC(=O)N1c2ccc(C3CCNCC3)cc2C(Nc2cccc(C)n2)C(C)C1C. The average Bonchev–Trinajstić information content (AvgIpc) is 2.72. The van der Waals surface area contributed by atoms with Crippen LogP contribution in [0.1, 0.15) is 62.4 Å². The number of aryl methyl sites for hydroxylation is 1. The number of carbonyl (C=O) groups excluding carboxylic acids is 1. The van der Waals surface area contributed by atoms with Gasteiger partial charge in [0.05, 0.1) is 6.04 Å². The largest absolute Gasteiger partial charge is 0.363 e. The Morgan fingerprint density at radius 3 is 2.62 bits per heavy atom. The summed E-state index contributed by atoms with van der Waals surface area (Å²) in [4.78, 5) is 19.1.